The van der Waals surface area contributed by atoms with Crippen LogP contribution in [0.3, 0.4) is 0 Å². The zero-order valence-corrected chi connectivity index (χ0v) is 22.1. The number of likely N-dealkylation sites (N-methyl/N-ethyl adjacent to an activating group) is 1. The highest BCUT2D eigenvalue weighted by Gasteiger charge is 2.42. The fraction of sp³-hybridized carbons (Fsp3) is 0.464. The van der Waals surface area contributed by atoms with Crippen LogP contribution in [0.4, 0.5) is 13.6 Å². The van der Waals surface area contributed by atoms with Crippen molar-refractivity contribution in [3.8, 4) is 0 Å². The number of aliphatic hydroxyl groups excluding tert-OH is 1. The molecular formula is C28H35F2N5O4. The summed E-state index contributed by atoms with van der Waals surface area (Å²) in [5, 5.41) is 17.2. The maximum absolute atomic E-state index is 14.0. The molecule has 4 amide bonds. The predicted molar refractivity (Wildman–Crippen MR) is 140 cm³/mol. The third-order valence-electron chi connectivity index (χ3n) is 7.23. The van der Waals surface area contributed by atoms with E-state index in [2.05, 4.69) is 10.6 Å². The molecule has 2 aromatic rings. The van der Waals surface area contributed by atoms with Crippen LogP contribution in [0.15, 0.2) is 48.5 Å². The molecule has 0 bridgehead atoms. The summed E-state index contributed by atoms with van der Waals surface area (Å²) in [7, 11) is 1.53. The van der Waals surface area contributed by atoms with Crippen LogP contribution < -0.4 is 10.6 Å². The lowest BCUT2D eigenvalue weighted by atomic mass is 9.93. The highest BCUT2D eigenvalue weighted by molar-refractivity contribution is 5.90. The van der Waals surface area contributed by atoms with Crippen molar-refractivity contribution in [2.24, 2.45) is 0 Å². The summed E-state index contributed by atoms with van der Waals surface area (Å²) in [5.74, 6) is -2.44. The number of amides is 4. The van der Waals surface area contributed by atoms with Crippen molar-refractivity contribution in [1.82, 2.24) is 25.3 Å². The van der Waals surface area contributed by atoms with E-state index in [-0.39, 0.29) is 30.5 Å². The Hall–Kier alpha value is -3.57. The van der Waals surface area contributed by atoms with Gasteiger partial charge >= 0.3 is 6.03 Å². The van der Waals surface area contributed by atoms with Crippen LogP contribution in [0.2, 0.25) is 0 Å². The Balaban J connectivity index is 1.54. The van der Waals surface area contributed by atoms with Gasteiger partial charge in [-0.05, 0) is 36.1 Å². The van der Waals surface area contributed by atoms with Gasteiger partial charge in [0.15, 0.2) is 0 Å². The van der Waals surface area contributed by atoms with Crippen LogP contribution in [0, 0.1) is 11.6 Å². The fourth-order valence-electron chi connectivity index (χ4n) is 5.21. The first-order valence-electron chi connectivity index (χ1n) is 13.2. The monoisotopic (exact) mass is 543 g/mol. The Labute approximate surface area is 226 Å². The standard InChI is InChI=1S/C28H35F2N5O4/c1-3-10-35-17-23(33(2)28(35)39)26(37)32-22(14-19-12-20(29)15-21(30)13-19)25(36)24-27(38)34(11-9-31-24)16-18-7-5-4-6-8-18/h4-8,12-13,15,22-25,31,36H,3,9-11,14,16-17H2,1-2H3,(H,32,37)/t22-,23?,24-,25-/m0/s1. The lowest BCUT2D eigenvalue weighted by Gasteiger charge is -2.38. The van der Waals surface area contributed by atoms with Crippen molar-refractivity contribution < 1.29 is 28.3 Å². The van der Waals surface area contributed by atoms with E-state index in [1.54, 1.807) is 9.80 Å². The zero-order valence-electron chi connectivity index (χ0n) is 22.1. The summed E-state index contributed by atoms with van der Waals surface area (Å²) in [4.78, 5) is 43.8. The number of rotatable bonds is 10. The number of aliphatic hydroxyl groups is 1. The molecule has 2 aliphatic rings. The second-order valence-electron chi connectivity index (χ2n) is 10.1. The van der Waals surface area contributed by atoms with Gasteiger partial charge in [-0.25, -0.2) is 13.6 Å². The van der Waals surface area contributed by atoms with Crippen molar-refractivity contribution in [2.45, 2.75) is 50.5 Å². The molecule has 4 rings (SSSR count). The van der Waals surface area contributed by atoms with Crippen molar-refractivity contribution in [2.75, 3.05) is 33.2 Å². The molecule has 0 aliphatic carbocycles. The number of hydrogen-bond acceptors (Lipinski definition) is 5. The highest BCUT2D eigenvalue weighted by Crippen LogP contribution is 2.19. The maximum Gasteiger partial charge on any atom is 0.320 e. The van der Waals surface area contributed by atoms with Crippen LogP contribution in [0.1, 0.15) is 24.5 Å². The molecule has 39 heavy (non-hydrogen) atoms. The van der Waals surface area contributed by atoms with Gasteiger partial charge < -0.3 is 30.4 Å². The van der Waals surface area contributed by atoms with E-state index >= 15 is 0 Å². The number of carbonyl (C=O) groups is 3. The SMILES string of the molecule is CCCN1CC(C(=O)N[C@@H](Cc2cc(F)cc(F)c2)[C@H](O)[C@@H]2NCCN(Cc3ccccc3)C2=O)N(C)C1=O. The van der Waals surface area contributed by atoms with E-state index in [1.165, 1.54) is 11.9 Å². The van der Waals surface area contributed by atoms with Crippen molar-refractivity contribution in [3.05, 3.63) is 71.3 Å². The third-order valence-corrected chi connectivity index (χ3v) is 7.23. The first-order valence-corrected chi connectivity index (χ1v) is 13.2. The van der Waals surface area contributed by atoms with Crippen LogP contribution in [0.5, 0.6) is 0 Å². The van der Waals surface area contributed by atoms with Crippen molar-refractivity contribution in [1.29, 1.82) is 0 Å². The number of urea groups is 1. The normalized spacial score (nSPS) is 21.3. The zero-order chi connectivity index (χ0) is 28.1. The largest absolute Gasteiger partial charge is 0.389 e. The van der Waals surface area contributed by atoms with E-state index in [1.807, 2.05) is 37.3 Å². The summed E-state index contributed by atoms with van der Waals surface area (Å²) >= 11 is 0. The lowest BCUT2D eigenvalue weighted by molar-refractivity contribution is -0.141. The third kappa shape index (κ3) is 6.72. The summed E-state index contributed by atoms with van der Waals surface area (Å²) in [6, 6.07) is 9.24. The first-order chi connectivity index (χ1) is 18.7. The van der Waals surface area contributed by atoms with Gasteiger partial charge in [0.25, 0.3) is 0 Å². The second-order valence-corrected chi connectivity index (χ2v) is 10.1. The molecule has 2 aromatic carbocycles. The molecule has 2 heterocycles. The van der Waals surface area contributed by atoms with Gasteiger partial charge in [-0.3, -0.25) is 9.59 Å². The number of carbonyl (C=O) groups excluding carboxylic acids is 3. The van der Waals surface area contributed by atoms with Gasteiger partial charge in [0.2, 0.25) is 11.8 Å². The summed E-state index contributed by atoms with van der Waals surface area (Å²) in [6.45, 7) is 3.82. The minimum atomic E-state index is -1.42. The Bertz CT molecular complexity index is 1160. The molecule has 2 saturated heterocycles. The van der Waals surface area contributed by atoms with E-state index in [0.29, 0.717) is 26.2 Å². The van der Waals surface area contributed by atoms with Crippen LogP contribution in [-0.2, 0) is 22.6 Å². The van der Waals surface area contributed by atoms with Gasteiger partial charge in [-0.2, -0.15) is 0 Å². The summed E-state index contributed by atoms with van der Waals surface area (Å²) in [5.41, 5.74) is 1.15. The molecule has 2 fully saturated rings. The van der Waals surface area contributed by atoms with E-state index < -0.39 is 41.8 Å². The number of hydrogen-bond donors (Lipinski definition) is 3. The molecule has 9 nitrogen and oxygen atoms in total. The fourth-order valence-corrected chi connectivity index (χ4v) is 5.21. The maximum atomic E-state index is 14.0. The number of halogens is 2. The van der Waals surface area contributed by atoms with Gasteiger partial charge in [0.1, 0.15) is 23.7 Å². The molecule has 1 unspecified atom stereocenters. The number of piperazine rings is 1. The molecule has 4 atom stereocenters. The molecule has 0 spiro atoms. The van der Waals surface area contributed by atoms with Gasteiger partial charge in [0.05, 0.1) is 18.7 Å². The van der Waals surface area contributed by atoms with E-state index in [4.69, 9.17) is 0 Å². The summed E-state index contributed by atoms with van der Waals surface area (Å²) in [6.07, 6.45) is -0.815. The van der Waals surface area contributed by atoms with Crippen LogP contribution >= 0.6 is 0 Å². The Morgan fingerprint density at radius 1 is 1.10 bits per heavy atom. The minimum Gasteiger partial charge on any atom is -0.389 e. The van der Waals surface area contributed by atoms with E-state index in [9.17, 15) is 28.3 Å². The highest BCUT2D eigenvalue weighted by atomic mass is 19.1. The average molecular weight is 544 g/mol. The predicted octanol–water partition coefficient (Wildman–Crippen LogP) is 1.50. The molecule has 0 saturated carbocycles. The van der Waals surface area contributed by atoms with Gasteiger partial charge in [-0.1, -0.05) is 37.3 Å². The average Bonchev–Trinajstić information content (AvgIpc) is 3.18. The van der Waals surface area contributed by atoms with Gasteiger partial charge in [0, 0.05) is 39.3 Å². The first kappa shape index (κ1) is 28.4. The Morgan fingerprint density at radius 2 is 1.79 bits per heavy atom. The topological polar surface area (TPSA) is 105 Å². The minimum absolute atomic E-state index is 0.130. The number of nitrogens with one attached hydrogen (secondary N) is 2. The van der Waals surface area contributed by atoms with Crippen molar-refractivity contribution in [3.63, 3.8) is 0 Å². The van der Waals surface area contributed by atoms with Gasteiger partial charge in [-0.15, -0.1) is 0 Å². The lowest BCUT2D eigenvalue weighted by Crippen LogP contribution is -2.64. The molecule has 0 radical (unpaired) electrons. The molecule has 210 valence electrons. The summed E-state index contributed by atoms with van der Waals surface area (Å²) < 4.78 is 27.9. The van der Waals surface area contributed by atoms with Crippen LogP contribution in [0.25, 0.3) is 0 Å². The molecule has 3 N–H and O–H groups in total. The second kappa shape index (κ2) is 12.5. The molecule has 11 heteroatoms. The van der Waals surface area contributed by atoms with Crippen molar-refractivity contribution >= 4 is 17.8 Å². The quantitative estimate of drug-likeness (QED) is 0.421. The van der Waals surface area contributed by atoms with Crippen LogP contribution in [-0.4, -0.2) is 95.1 Å². The molecular weight excluding hydrogens is 508 g/mol. The Kier molecular flexibility index (Phi) is 9.13. The van der Waals surface area contributed by atoms with E-state index in [0.717, 1.165) is 30.2 Å². The number of nitrogens with zero attached hydrogens (tertiary/aromatic N) is 3. The smallest absolute Gasteiger partial charge is 0.320 e. The molecule has 2 aliphatic heterocycles. The Morgan fingerprint density at radius 3 is 2.46 bits per heavy atom. The molecule has 0 aromatic heterocycles. The number of benzene rings is 2.